The zero-order chi connectivity index (χ0) is 12.7. The van der Waals surface area contributed by atoms with Crippen LogP contribution in [0.25, 0.3) is 0 Å². The van der Waals surface area contributed by atoms with Gasteiger partial charge in [0.25, 0.3) is 0 Å². The van der Waals surface area contributed by atoms with Crippen molar-refractivity contribution in [3.8, 4) is 0 Å². The van der Waals surface area contributed by atoms with Gasteiger partial charge in [0.2, 0.25) is 5.91 Å². The third-order valence-electron chi connectivity index (χ3n) is 3.11. The van der Waals surface area contributed by atoms with Crippen molar-refractivity contribution in [2.75, 3.05) is 20.3 Å². The number of aliphatic hydroxyl groups is 1. The van der Waals surface area contributed by atoms with Crippen LogP contribution in [0.1, 0.15) is 32.6 Å². The van der Waals surface area contributed by atoms with E-state index < -0.39 is 6.10 Å². The minimum atomic E-state index is -0.568. The van der Waals surface area contributed by atoms with Crippen LogP contribution in [0.2, 0.25) is 0 Å². The summed E-state index contributed by atoms with van der Waals surface area (Å²) in [7, 11) is 1.54. The van der Waals surface area contributed by atoms with E-state index in [9.17, 15) is 9.90 Å². The number of methoxy groups -OCH3 is 1. The fourth-order valence-corrected chi connectivity index (χ4v) is 2.05. The van der Waals surface area contributed by atoms with Gasteiger partial charge in [-0.25, -0.2) is 0 Å². The normalized spacial score (nSPS) is 20.2. The highest BCUT2D eigenvalue weighted by molar-refractivity contribution is 5.81. The van der Waals surface area contributed by atoms with E-state index in [-0.39, 0.29) is 18.6 Å². The minimum Gasteiger partial charge on any atom is -0.389 e. The summed E-state index contributed by atoms with van der Waals surface area (Å²) in [5, 5.41) is 15.5. The van der Waals surface area contributed by atoms with Crippen molar-refractivity contribution in [2.45, 2.75) is 50.8 Å². The van der Waals surface area contributed by atoms with E-state index in [2.05, 4.69) is 10.6 Å². The number of hydrogen-bond acceptors (Lipinski definition) is 4. The molecule has 1 aliphatic rings. The monoisotopic (exact) mass is 244 g/mol. The third-order valence-corrected chi connectivity index (χ3v) is 3.11. The molecule has 1 fully saturated rings. The molecule has 0 aromatic heterocycles. The van der Waals surface area contributed by atoms with Gasteiger partial charge in [-0.15, -0.1) is 0 Å². The third kappa shape index (κ3) is 5.48. The van der Waals surface area contributed by atoms with E-state index in [1.54, 1.807) is 7.11 Å². The summed E-state index contributed by atoms with van der Waals surface area (Å²) in [6.45, 7) is 2.46. The van der Waals surface area contributed by atoms with E-state index in [1.807, 2.05) is 6.92 Å². The first kappa shape index (κ1) is 14.4. The number of carbonyl (C=O) groups is 1. The molecule has 1 aliphatic carbocycles. The summed E-state index contributed by atoms with van der Waals surface area (Å²) in [6.07, 6.45) is 4.02. The predicted molar refractivity (Wildman–Crippen MR) is 65.7 cm³/mol. The molecular formula is C12H24N2O3. The molecule has 1 rings (SSSR count). The summed E-state index contributed by atoms with van der Waals surface area (Å²) in [5.74, 6) is 0.0153. The Bertz CT molecular complexity index is 230. The Morgan fingerprint density at radius 2 is 2.12 bits per heavy atom. The second-order valence-electron chi connectivity index (χ2n) is 4.73. The number of nitrogens with one attached hydrogen (secondary N) is 2. The summed E-state index contributed by atoms with van der Waals surface area (Å²) >= 11 is 0. The summed E-state index contributed by atoms with van der Waals surface area (Å²) in [5.41, 5.74) is 0. The summed E-state index contributed by atoms with van der Waals surface area (Å²) < 4.78 is 4.81. The molecule has 2 atom stereocenters. The highest BCUT2D eigenvalue weighted by Crippen LogP contribution is 2.17. The quantitative estimate of drug-likeness (QED) is 0.591. The lowest BCUT2D eigenvalue weighted by molar-refractivity contribution is -0.123. The molecule has 0 bridgehead atoms. The molecule has 5 heteroatoms. The first-order chi connectivity index (χ1) is 8.13. The van der Waals surface area contributed by atoms with Crippen molar-refractivity contribution in [3.63, 3.8) is 0 Å². The fraction of sp³-hybridized carbons (Fsp3) is 0.917. The van der Waals surface area contributed by atoms with E-state index in [0.717, 1.165) is 12.8 Å². The zero-order valence-corrected chi connectivity index (χ0v) is 10.7. The SMILES string of the molecule is COCC(O)CNC(C)C(=O)NC1CCCC1. The highest BCUT2D eigenvalue weighted by atomic mass is 16.5. The summed E-state index contributed by atoms with van der Waals surface area (Å²) in [6, 6.07) is 0.0674. The standard InChI is InChI=1S/C12H24N2O3/c1-9(13-7-11(15)8-17-2)12(16)14-10-5-3-4-6-10/h9-11,13,15H,3-8H2,1-2H3,(H,14,16). The molecule has 0 aliphatic heterocycles. The second kappa shape index (κ2) is 7.63. The molecule has 1 amide bonds. The number of aliphatic hydroxyl groups excluding tert-OH is 1. The average molecular weight is 244 g/mol. The minimum absolute atomic E-state index is 0.0153. The van der Waals surface area contributed by atoms with Crippen LogP contribution in [-0.2, 0) is 9.53 Å². The largest absolute Gasteiger partial charge is 0.389 e. The smallest absolute Gasteiger partial charge is 0.237 e. The lowest BCUT2D eigenvalue weighted by Gasteiger charge is -2.19. The Morgan fingerprint density at radius 1 is 1.47 bits per heavy atom. The van der Waals surface area contributed by atoms with Crippen molar-refractivity contribution in [1.82, 2.24) is 10.6 Å². The maximum Gasteiger partial charge on any atom is 0.237 e. The Morgan fingerprint density at radius 3 is 2.71 bits per heavy atom. The van der Waals surface area contributed by atoms with E-state index >= 15 is 0 Å². The van der Waals surface area contributed by atoms with Gasteiger partial charge < -0.3 is 20.5 Å². The lowest BCUT2D eigenvalue weighted by Crippen LogP contribution is -2.47. The Hall–Kier alpha value is -0.650. The molecule has 1 saturated carbocycles. The first-order valence-electron chi connectivity index (χ1n) is 6.34. The molecule has 0 radical (unpaired) electrons. The van der Waals surface area contributed by atoms with Crippen molar-refractivity contribution in [1.29, 1.82) is 0 Å². The van der Waals surface area contributed by atoms with Gasteiger partial charge in [-0.1, -0.05) is 12.8 Å². The Labute approximate surface area is 103 Å². The maximum absolute atomic E-state index is 11.8. The number of amides is 1. The number of carbonyl (C=O) groups excluding carboxylic acids is 1. The van der Waals surface area contributed by atoms with Crippen LogP contribution in [0, 0.1) is 0 Å². The van der Waals surface area contributed by atoms with Crippen molar-refractivity contribution in [3.05, 3.63) is 0 Å². The molecule has 2 unspecified atom stereocenters. The van der Waals surface area contributed by atoms with Crippen LogP contribution in [0.15, 0.2) is 0 Å². The van der Waals surface area contributed by atoms with Crippen molar-refractivity contribution < 1.29 is 14.6 Å². The van der Waals surface area contributed by atoms with Crippen LogP contribution in [0.3, 0.4) is 0 Å². The zero-order valence-electron chi connectivity index (χ0n) is 10.7. The highest BCUT2D eigenvalue weighted by Gasteiger charge is 2.20. The van der Waals surface area contributed by atoms with E-state index in [4.69, 9.17) is 4.74 Å². The Kier molecular flexibility index (Phi) is 6.47. The average Bonchev–Trinajstić information content (AvgIpc) is 2.79. The van der Waals surface area contributed by atoms with Crippen molar-refractivity contribution in [2.24, 2.45) is 0 Å². The second-order valence-corrected chi connectivity index (χ2v) is 4.73. The summed E-state index contributed by atoms with van der Waals surface area (Å²) in [4.78, 5) is 11.8. The molecule has 0 saturated heterocycles. The molecular weight excluding hydrogens is 220 g/mol. The predicted octanol–water partition coefficient (Wildman–Crippen LogP) is 0.0306. The van der Waals surface area contributed by atoms with Gasteiger partial charge in [0, 0.05) is 19.7 Å². The van der Waals surface area contributed by atoms with Gasteiger partial charge in [-0.3, -0.25) is 4.79 Å². The van der Waals surface area contributed by atoms with Gasteiger partial charge in [0.1, 0.15) is 0 Å². The van der Waals surface area contributed by atoms with E-state index in [0.29, 0.717) is 12.6 Å². The molecule has 0 aromatic carbocycles. The van der Waals surface area contributed by atoms with Crippen LogP contribution < -0.4 is 10.6 Å². The van der Waals surface area contributed by atoms with Crippen LogP contribution in [0.5, 0.6) is 0 Å². The topological polar surface area (TPSA) is 70.6 Å². The first-order valence-corrected chi connectivity index (χ1v) is 6.34. The van der Waals surface area contributed by atoms with Crippen LogP contribution in [0.4, 0.5) is 0 Å². The lowest BCUT2D eigenvalue weighted by atomic mass is 10.2. The molecule has 0 aromatic rings. The fourth-order valence-electron chi connectivity index (χ4n) is 2.05. The van der Waals surface area contributed by atoms with Gasteiger partial charge in [0.05, 0.1) is 18.8 Å². The van der Waals surface area contributed by atoms with Crippen LogP contribution in [-0.4, -0.2) is 49.5 Å². The van der Waals surface area contributed by atoms with Crippen LogP contribution >= 0.6 is 0 Å². The van der Waals surface area contributed by atoms with Gasteiger partial charge in [-0.05, 0) is 19.8 Å². The molecule has 5 nitrogen and oxygen atoms in total. The number of hydrogen-bond donors (Lipinski definition) is 3. The molecule has 100 valence electrons. The van der Waals surface area contributed by atoms with Gasteiger partial charge in [0.15, 0.2) is 0 Å². The molecule has 0 spiro atoms. The van der Waals surface area contributed by atoms with Crippen molar-refractivity contribution >= 4 is 5.91 Å². The Balaban J connectivity index is 2.17. The number of ether oxygens (including phenoxy) is 1. The van der Waals surface area contributed by atoms with Gasteiger partial charge >= 0.3 is 0 Å². The van der Waals surface area contributed by atoms with Gasteiger partial charge in [-0.2, -0.15) is 0 Å². The number of rotatable bonds is 7. The molecule has 3 N–H and O–H groups in total. The van der Waals surface area contributed by atoms with E-state index in [1.165, 1.54) is 12.8 Å². The molecule has 0 heterocycles. The maximum atomic E-state index is 11.8. The molecule has 17 heavy (non-hydrogen) atoms.